The van der Waals surface area contributed by atoms with Gasteiger partial charge in [0.05, 0.1) is 6.20 Å². The molecule has 3 N–H and O–H groups in total. The molecule has 0 radical (unpaired) electrons. The van der Waals surface area contributed by atoms with Crippen LogP contribution in [0.2, 0.25) is 5.02 Å². The molecular formula is C10H14ClN5O. The number of aromatic nitrogens is 2. The minimum Gasteiger partial charge on any atom is -0.368 e. The Labute approximate surface area is 104 Å². The van der Waals surface area contributed by atoms with E-state index in [0.717, 1.165) is 13.0 Å². The summed E-state index contributed by atoms with van der Waals surface area (Å²) in [6, 6.07) is 0.139. The molecule has 0 saturated carbocycles. The Balaban J connectivity index is 2.09. The standard InChI is InChI=1S/C10H14ClN5O/c1-6(17)14-7-2-3-16(5-7)9-8(11)4-13-10(12)15-9/h4,7H,2-3,5H2,1H3,(H,14,17)(H2,12,13,15). The smallest absolute Gasteiger partial charge is 0.222 e. The van der Waals surface area contributed by atoms with Crippen molar-refractivity contribution in [2.45, 2.75) is 19.4 Å². The van der Waals surface area contributed by atoms with Gasteiger partial charge < -0.3 is 16.0 Å². The number of amides is 1. The van der Waals surface area contributed by atoms with Crippen molar-refractivity contribution >= 4 is 29.3 Å². The van der Waals surface area contributed by atoms with E-state index in [1.54, 1.807) is 0 Å². The van der Waals surface area contributed by atoms with E-state index in [2.05, 4.69) is 15.3 Å². The molecule has 1 fully saturated rings. The summed E-state index contributed by atoms with van der Waals surface area (Å²) >= 11 is 6.02. The second-order valence-corrected chi connectivity index (χ2v) is 4.44. The van der Waals surface area contributed by atoms with E-state index in [9.17, 15) is 4.79 Å². The summed E-state index contributed by atoms with van der Waals surface area (Å²) < 4.78 is 0. The van der Waals surface area contributed by atoms with Crippen molar-refractivity contribution < 1.29 is 4.79 Å². The monoisotopic (exact) mass is 255 g/mol. The van der Waals surface area contributed by atoms with Crippen LogP contribution in [0.15, 0.2) is 6.20 Å². The molecule has 6 nitrogen and oxygen atoms in total. The molecule has 0 spiro atoms. The molecule has 1 saturated heterocycles. The van der Waals surface area contributed by atoms with Crippen LogP contribution in [0, 0.1) is 0 Å². The van der Waals surface area contributed by atoms with E-state index in [-0.39, 0.29) is 17.9 Å². The van der Waals surface area contributed by atoms with Crippen molar-refractivity contribution in [3.8, 4) is 0 Å². The van der Waals surface area contributed by atoms with Gasteiger partial charge in [-0.15, -0.1) is 0 Å². The summed E-state index contributed by atoms with van der Waals surface area (Å²) in [5, 5.41) is 3.35. The molecule has 2 rings (SSSR count). The van der Waals surface area contributed by atoms with Crippen molar-refractivity contribution in [2.24, 2.45) is 0 Å². The number of rotatable bonds is 2. The molecule has 1 atom stereocenters. The molecule has 0 aliphatic carbocycles. The molecule has 1 aromatic rings. The fourth-order valence-corrected chi connectivity index (χ4v) is 2.16. The maximum atomic E-state index is 11.0. The number of anilines is 2. The van der Waals surface area contributed by atoms with Gasteiger partial charge in [0.15, 0.2) is 5.82 Å². The molecule has 1 amide bonds. The van der Waals surface area contributed by atoms with Crippen LogP contribution in [-0.4, -0.2) is 35.0 Å². The van der Waals surface area contributed by atoms with Crippen molar-refractivity contribution in [3.63, 3.8) is 0 Å². The topological polar surface area (TPSA) is 84.1 Å². The molecule has 92 valence electrons. The summed E-state index contributed by atoms with van der Waals surface area (Å²) in [6.45, 7) is 3.00. The highest BCUT2D eigenvalue weighted by molar-refractivity contribution is 6.32. The third-order valence-electron chi connectivity index (χ3n) is 2.64. The van der Waals surface area contributed by atoms with Crippen LogP contribution in [-0.2, 0) is 4.79 Å². The molecule has 1 aliphatic heterocycles. The summed E-state index contributed by atoms with van der Waals surface area (Å²) in [7, 11) is 0. The Hall–Kier alpha value is -1.56. The number of nitrogen functional groups attached to an aromatic ring is 1. The molecular weight excluding hydrogens is 242 g/mol. The first-order valence-electron chi connectivity index (χ1n) is 5.36. The van der Waals surface area contributed by atoms with Gasteiger partial charge in [-0.2, -0.15) is 4.98 Å². The lowest BCUT2D eigenvalue weighted by atomic mass is 10.3. The predicted octanol–water partition coefficient (Wildman–Crippen LogP) is 0.427. The maximum Gasteiger partial charge on any atom is 0.222 e. The van der Waals surface area contributed by atoms with E-state index in [0.29, 0.717) is 17.4 Å². The SMILES string of the molecule is CC(=O)NC1CCN(c2nc(N)ncc2Cl)C1. The molecule has 2 heterocycles. The lowest BCUT2D eigenvalue weighted by Gasteiger charge is -2.18. The van der Waals surface area contributed by atoms with Gasteiger partial charge in [0, 0.05) is 26.1 Å². The number of nitrogens with zero attached hydrogens (tertiary/aromatic N) is 3. The van der Waals surface area contributed by atoms with Gasteiger partial charge in [0.2, 0.25) is 11.9 Å². The highest BCUT2D eigenvalue weighted by Crippen LogP contribution is 2.26. The average Bonchev–Trinajstić information content (AvgIpc) is 2.69. The number of nitrogens with one attached hydrogen (secondary N) is 1. The van der Waals surface area contributed by atoms with E-state index in [1.165, 1.54) is 13.1 Å². The summed E-state index contributed by atoms with van der Waals surface area (Å²) in [5.41, 5.74) is 5.53. The second-order valence-electron chi connectivity index (χ2n) is 4.03. The van der Waals surface area contributed by atoms with Gasteiger partial charge in [-0.1, -0.05) is 11.6 Å². The third kappa shape index (κ3) is 2.76. The lowest BCUT2D eigenvalue weighted by molar-refractivity contribution is -0.119. The number of halogens is 1. The van der Waals surface area contributed by atoms with E-state index in [1.807, 2.05) is 4.90 Å². The van der Waals surface area contributed by atoms with Crippen molar-refractivity contribution in [2.75, 3.05) is 23.7 Å². The van der Waals surface area contributed by atoms with Crippen LogP contribution in [0.4, 0.5) is 11.8 Å². The van der Waals surface area contributed by atoms with Crippen LogP contribution >= 0.6 is 11.6 Å². The molecule has 0 bridgehead atoms. The lowest BCUT2D eigenvalue weighted by Crippen LogP contribution is -2.35. The molecule has 1 aromatic heterocycles. The number of hydrogen-bond donors (Lipinski definition) is 2. The maximum absolute atomic E-state index is 11.0. The van der Waals surface area contributed by atoms with E-state index < -0.39 is 0 Å². The zero-order chi connectivity index (χ0) is 12.4. The second kappa shape index (κ2) is 4.75. The minimum atomic E-state index is -0.0230. The normalized spacial score (nSPS) is 19.4. The minimum absolute atomic E-state index is 0.0230. The Bertz CT molecular complexity index is 439. The van der Waals surface area contributed by atoms with Gasteiger partial charge >= 0.3 is 0 Å². The zero-order valence-corrected chi connectivity index (χ0v) is 10.2. The van der Waals surface area contributed by atoms with Crippen molar-refractivity contribution in [1.29, 1.82) is 0 Å². The first-order chi connectivity index (χ1) is 8.06. The third-order valence-corrected chi connectivity index (χ3v) is 2.91. The molecule has 17 heavy (non-hydrogen) atoms. The number of carbonyl (C=O) groups excluding carboxylic acids is 1. The molecule has 0 aromatic carbocycles. The predicted molar refractivity (Wildman–Crippen MR) is 65.9 cm³/mol. The average molecular weight is 256 g/mol. The van der Waals surface area contributed by atoms with Gasteiger partial charge in [-0.3, -0.25) is 4.79 Å². The number of nitrogens with two attached hydrogens (primary N) is 1. The van der Waals surface area contributed by atoms with Gasteiger partial charge in [0.1, 0.15) is 5.02 Å². The van der Waals surface area contributed by atoms with Gasteiger partial charge in [-0.25, -0.2) is 4.98 Å². The van der Waals surface area contributed by atoms with Crippen molar-refractivity contribution in [3.05, 3.63) is 11.2 Å². The van der Waals surface area contributed by atoms with Crippen LogP contribution < -0.4 is 16.0 Å². The summed E-state index contributed by atoms with van der Waals surface area (Å²) in [5.74, 6) is 0.810. The summed E-state index contributed by atoms with van der Waals surface area (Å²) in [6.07, 6.45) is 2.37. The highest BCUT2D eigenvalue weighted by Gasteiger charge is 2.25. The Morgan fingerprint density at radius 1 is 1.71 bits per heavy atom. The Morgan fingerprint density at radius 2 is 2.47 bits per heavy atom. The first-order valence-corrected chi connectivity index (χ1v) is 5.74. The van der Waals surface area contributed by atoms with Gasteiger partial charge in [-0.05, 0) is 6.42 Å². The fraction of sp³-hybridized carbons (Fsp3) is 0.500. The van der Waals surface area contributed by atoms with Crippen LogP contribution in [0.3, 0.4) is 0 Å². The van der Waals surface area contributed by atoms with Crippen LogP contribution in [0.25, 0.3) is 0 Å². The van der Waals surface area contributed by atoms with E-state index in [4.69, 9.17) is 17.3 Å². The number of hydrogen-bond acceptors (Lipinski definition) is 5. The summed E-state index contributed by atoms with van der Waals surface area (Å²) in [4.78, 5) is 20.9. The fourth-order valence-electron chi connectivity index (χ4n) is 1.95. The molecule has 7 heteroatoms. The largest absolute Gasteiger partial charge is 0.368 e. The van der Waals surface area contributed by atoms with Crippen molar-refractivity contribution in [1.82, 2.24) is 15.3 Å². The van der Waals surface area contributed by atoms with Crippen LogP contribution in [0.5, 0.6) is 0 Å². The number of carbonyl (C=O) groups is 1. The first kappa shape index (κ1) is 11.9. The van der Waals surface area contributed by atoms with Gasteiger partial charge in [0.25, 0.3) is 0 Å². The Morgan fingerprint density at radius 3 is 3.18 bits per heavy atom. The molecule has 1 aliphatic rings. The quantitative estimate of drug-likeness (QED) is 0.801. The zero-order valence-electron chi connectivity index (χ0n) is 9.48. The Kier molecular flexibility index (Phi) is 3.33. The highest BCUT2D eigenvalue weighted by atomic mass is 35.5. The van der Waals surface area contributed by atoms with E-state index >= 15 is 0 Å². The molecule has 1 unspecified atom stereocenters. The van der Waals surface area contributed by atoms with Crippen LogP contribution in [0.1, 0.15) is 13.3 Å².